The zero-order valence-electron chi connectivity index (χ0n) is 9.76. The van der Waals surface area contributed by atoms with Gasteiger partial charge in [0.15, 0.2) is 0 Å². The molecule has 2 heterocycles. The molecule has 0 aliphatic carbocycles. The smallest absolute Gasteiger partial charge is 0.240 e. The first-order valence-electron chi connectivity index (χ1n) is 5.68. The third-order valence-electron chi connectivity index (χ3n) is 2.65. The topological polar surface area (TPSA) is 58.1 Å². The Kier molecular flexibility index (Phi) is 4.75. The molecule has 1 atom stereocenters. The van der Waals surface area contributed by atoms with Crippen molar-refractivity contribution in [3.05, 3.63) is 5.51 Å². The molecule has 17 heavy (non-hydrogen) atoms. The SMILES string of the molecule is CCC1CN(CC(=O)Nc2nncs2)CCS1. The molecule has 1 fully saturated rings. The number of anilines is 1. The Morgan fingerprint density at radius 3 is 3.29 bits per heavy atom. The van der Waals surface area contributed by atoms with Crippen LogP contribution in [0.5, 0.6) is 0 Å². The first-order chi connectivity index (χ1) is 8.28. The Bertz CT molecular complexity index is 357. The van der Waals surface area contributed by atoms with Crippen LogP contribution < -0.4 is 5.32 Å². The maximum absolute atomic E-state index is 11.8. The van der Waals surface area contributed by atoms with Crippen LogP contribution in [0, 0.1) is 0 Å². The molecule has 1 aliphatic rings. The van der Waals surface area contributed by atoms with Crippen molar-refractivity contribution in [2.24, 2.45) is 0 Å². The van der Waals surface area contributed by atoms with E-state index in [0.717, 1.165) is 18.8 Å². The molecule has 1 unspecified atom stereocenters. The molecule has 0 radical (unpaired) electrons. The number of carbonyl (C=O) groups excluding carboxylic acids is 1. The first-order valence-corrected chi connectivity index (χ1v) is 7.60. The average molecular weight is 272 g/mol. The van der Waals surface area contributed by atoms with Gasteiger partial charge in [0.1, 0.15) is 5.51 Å². The second-order valence-electron chi connectivity index (χ2n) is 3.93. The van der Waals surface area contributed by atoms with Crippen LogP contribution in [0.15, 0.2) is 5.51 Å². The molecule has 0 saturated carbocycles. The van der Waals surface area contributed by atoms with Gasteiger partial charge in [-0.1, -0.05) is 18.3 Å². The van der Waals surface area contributed by atoms with E-state index >= 15 is 0 Å². The second-order valence-corrected chi connectivity index (χ2v) is 6.17. The average Bonchev–Trinajstić information content (AvgIpc) is 2.82. The van der Waals surface area contributed by atoms with E-state index in [1.165, 1.54) is 17.8 Å². The summed E-state index contributed by atoms with van der Waals surface area (Å²) in [7, 11) is 0. The number of nitrogens with one attached hydrogen (secondary N) is 1. The van der Waals surface area contributed by atoms with Crippen LogP contribution in [0.3, 0.4) is 0 Å². The van der Waals surface area contributed by atoms with Gasteiger partial charge in [-0.05, 0) is 6.42 Å². The third-order valence-corrected chi connectivity index (χ3v) is 4.63. The molecule has 94 valence electrons. The lowest BCUT2D eigenvalue weighted by molar-refractivity contribution is -0.117. The summed E-state index contributed by atoms with van der Waals surface area (Å²) in [5, 5.41) is 11.5. The van der Waals surface area contributed by atoms with Crippen LogP contribution in [0.2, 0.25) is 0 Å². The minimum atomic E-state index is 0.00324. The molecule has 1 amide bonds. The lowest BCUT2D eigenvalue weighted by Crippen LogP contribution is -2.42. The maximum atomic E-state index is 11.8. The van der Waals surface area contributed by atoms with E-state index < -0.39 is 0 Å². The fourth-order valence-electron chi connectivity index (χ4n) is 1.76. The molecule has 1 saturated heterocycles. The summed E-state index contributed by atoms with van der Waals surface area (Å²) in [6, 6.07) is 0. The Hall–Kier alpha value is -0.660. The Morgan fingerprint density at radius 1 is 1.71 bits per heavy atom. The van der Waals surface area contributed by atoms with Gasteiger partial charge in [-0.3, -0.25) is 15.0 Å². The summed E-state index contributed by atoms with van der Waals surface area (Å²) >= 11 is 3.35. The van der Waals surface area contributed by atoms with E-state index in [9.17, 15) is 4.79 Å². The van der Waals surface area contributed by atoms with E-state index in [-0.39, 0.29) is 5.91 Å². The number of carbonyl (C=O) groups is 1. The van der Waals surface area contributed by atoms with E-state index in [1.54, 1.807) is 5.51 Å². The predicted molar refractivity (Wildman–Crippen MR) is 71.5 cm³/mol. The molecule has 2 rings (SSSR count). The van der Waals surface area contributed by atoms with Crippen molar-refractivity contribution in [2.45, 2.75) is 18.6 Å². The van der Waals surface area contributed by atoms with Gasteiger partial charge in [-0.25, -0.2) is 0 Å². The Labute approximate surface area is 109 Å². The lowest BCUT2D eigenvalue weighted by Gasteiger charge is -2.31. The lowest BCUT2D eigenvalue weighted by atomic mass is 10.3. The van der Waals surface area contributed by atoms with E-state index in [0.29, 0.717) is 16.9 Å². The Balaban J connectivity index is 1.78. The van der Waals surface area contributed by atoms with Crippen molar-refractivity contribution >= 4 is 34.1 Å². The maximum Gasteiger partial charge on any atom is 0.240 e. The van der Waals surface area contributed by atoms with Crippen molar-refractivity contribution < 1.29 is 4.79 Å². The van der Waals surface area contributed by atoms with Crippen molar-refractivity contribution in [3.8, 4) is 0 Å². The van der Waals surface area contributed by atoms with Crippen molar-refractivity contribution in [3.63, 3.8) is 0 Å². The molecule has 0 bridgehead atoms. The minimum absolute atomic E-state index is 0.00324. The van der Waals surface area contributed by atoms with Crippen LogP contribution >= 0.6 is 23.1 Å². The van der Waals surface area contributed by atoms with Crippen LogP contribution in [0.4, 0.5) is 5.13 Å². The Morgan fingerprint density at radius 2 is 2.59 bits per heavy atom. The summed E-state index contributed by atoms with van der Waals surface area (Å²) < 4.78 is 0. The highest BCUT2D eigenvalue weighted by molar-refractivity contribution is 8.00. The quantitative estimate of drug-likeness (QED) is 0.895. The van der Waals surface area contributed by atoms with Crippen LogP contribution in [0.1, 0.15) is 13.3 Å². The number of rotatable bonds is 4. The summed E-state index contributed by atoms with van der Waals surface area (Å²) in [4.78, 5) is 14.0. The molecule has 1 aromatic heterocycles. The second kappa shape index (κ2) is 6.32. The number of hydrogen-bond donors (Lipinski definition) is 1. The van der Waals surface area contributed by atoms with Crippen molar-refractivity contribution in [1.29, 1.82) is 0 Å². The number of hydrogen-bond acceptors (Lipinski definition) is 6. The molecule has 1 N–H and O–H groups in total. The van der Waals surface area contributed by atoms with Gasteiger partial charge in [-0.2, -0.15) is 11.8 Å². The van der Waals surface area contributed by atoms with Crippen LogP contribution in [-0.4, -0.2) is 51.6 Å². The molecule has 1 aliphatic heterocycles. The van der Waals surface area contributed by atoms with E-state index in [2.05, 4.69) is 27.3 Å². The van der Waals surface area contributed by atoms with Gasteiger partial charge in [0.25, 0.3) is 0 Å². The van der Waals surface area contributed by atoms with Gasteiger partial charge in [-0.15, -0.1) is 10.2 Å². The summed E-state index contributed by atoms with van der Waals surface area (Å²) in [5.41, 5.74) is 1.61. The predicted octanol–water partition coefficient (Wildman–Crippen LogP) is 1.30. The number of amides is 1. The van der Waals surface area contributed by atoms with Gasteiger partial charge in [0, 0.05) is 24.1 Å². The van der Waals surface area contributed by atoms with E-state index in [1.807, 2.05) is 11.8 Å². The number of thioether (sulfide) groups is 1. The highest BCUT2D eigenvalue weighted by Crippen LogP contribution is 2.20. The summed E-state index contributed by atoms with van der Waals surface area (Å²) in [6.45, 7) is 4.65. The van der Waals surface area contributed by atoms with Gasteiger partial charge >= 0.3 is 0 Å². The molecular weight excluding hydrogens is 256 g/mol. The number of nitrogens with zero attached hydrogens (tertiary/aromatic N) is 3. The van der Waals surface area contributed by atoms with Gasteiger partial charge in [0.2, 0.25) is 11.0 Å². The highest BCUT2D eigenvalue weighted by atomic mass is 32.2. The minimum Gasteiger partial charge on any atom is -0.299 e. The highest BCUT2D eigenvalue weighted by Gasteiger charge is 2.20. The van der Waals surface area contributed by atoms with Crippen molar-refractivity contribution in [2.75, 3.05) is 30.7 Å². The van der Waals surface area contributed by atoms with Gasteiger partial charge in [0.05, 0.1) is 6.54 Å². The standard InChI is InChI=1S/C10H16N4OS2/c1-2-8-5-14(3-4-16-8)6-9(15)12-10-13-11-7-17-10/h7-8H,2-6H2,1H3,(H,12,13,15). The molecule has 1 aromatic rings. The largest absolute Gasteiger partial charge is 0.299 e. The molecule has 5 nitrogen and oxygen atoms in total. The zero-order chi connectivity index (χ0) is 12.1. The molecule has 0 spiro atoms. The monoisotopic (exact) mass is 272 g/mol. The van der Waals surface area contributed by atoms with Crippen LogP contribution in [0.25, 0.3) is 0 Å². The van der Waals surface area contributed by atoms with Gasteiger partial charge < -0.3 is 0 Å². The normalized spacial score (nSPS) is 21.4. The zero-order valence-corrected chi connectivity index (χ0v) is 11.4. The molecular formula is C10H16N4OS2. The van der Waals surface area contributed by atoms with Crippen molar-refractivity contribution in [1.82, 2.24) is 15.1 Å². The fourth-order valence-corrected chi connectivity index (χ4v) is 3.47. The molecule has 7 heteroatoms. The third kappa shape index (κ3) is 3.93. The number of aromatic nitrogens is 2. The summed E-state index contributed by atoms with van der Waals surface area (Å²) in [5.74, 6) is 1.12. The summed E-state index contributed by atoms with van der Waals surface area (Å²) in [6.07, 6.45) is 1.17. The van der Waals surface area contributed by atoms with Crippen LogP contribution in [-0.2, 0) is 4.79 Å². The first kappa shape index (κ1) is 12.8. The van der Waals surface area contributed by atoms with E-state index in [4.69, 9.17) is 0 Å². The fraction of sp³-hybridized carbons (Fsp3) is 0.700. The molecule has 0 aromatic carbocycles.